The van der Waals surface area contributed by atoms with Gasteiger partial charge >= 0.3 is 0 Å². The van der Waals surface area contributed by atoms with E-state index >= 15 is 0 Å². The standard InChI is InChI=1S/C21H26N2O4S/c1-3-27-17-10-8-15(14-18(17)26-2)9-11-20(24)22-12-13-23-21(25)16-6-4-5-7-19(16)28/h4-8,10,14,28H,3,9,11-13H2,1-2H3,(H,22,24)(H,23,25). The number of ether oxygens (including phenoxy) is 2. The maximum Gasteiger partial charge on any atom is 0.252 e. The molecule has 0 aliphatic rings. The number of carbonyl (C=O) groups is 2. The van der Waals surface area contributed by atoms with Crippen molar-refractivity contribution in [3.05, 3.63) is 53.6 Å². The highest BCUT2D eigenvalue weighted by atomic mass is 32.1. The fraction of sp³-hybridized carbons (Fsp3) is 0.333. The lowest BCUT2D eigenvalue weighted by molar-refractivity contribution is -0.121. The van der Waals surface area contributed by atoms with Crippen LogP contribution in [0, 0.1) is 0 Å². The molecule has 2 rings (SSSR count). The fourth-order valence-electron chi connectivity index (χ4n) is 2.63. The highest BCUT2D eigenvalue weighted by molar-refractivity contribution is 7.80. The number of hydrogen-bond acceptors (Lipinski definition) is 5. The Labute approximate surface area is 171 Å². The normalized spacial score (nSPS) is 10.2. The third-order valence-corrected chi connectivity index (χ3v) is 4.44. The van der Waals surface area contributed by atoms with E-state index in [-0.39, 0.29) is 11.8 Å². The molecule has 6 nitrogen and oxygen atoms in total. The second kappa shape index (κ2) is 11.2. The Morgan fingerprint density at radius 1 is 1.04 bits per heavy atom. The van der Waals surface area contributed by atoms with E-state index in [1.807, 2.05) is 31.2 Å². The average Bonchev–Trinajstić information content (AvgIpc) is 2.70. The van der Waals surface area contributed by atoms with Gasteiger partial charge in [-0.05, 0) is 43.2 Å². The van der Waals surface area contributed by atoms with Crippen molar-refractivity contribution >= 4 is 24.4 Å². The monoisotopic (exact) mass is 402 g/mol. The van der Waals surface area contributed by atoms with Crippen molar-refractivity contribution in [3.63, 3.8) is 0 Å². The van der Waals surface area contributed by atoms with Crippen molar-refractivity contribution in [2.45, 2.75) is 24.7 Å². The molecule has 0 fully saturated rings. The number of benzene rings is 2. The Hall–Kier alpha value is -2.67. The van der Waals surface area contributed by atoms with Gasteiger partial charge in [-0.1, -0.05) is 18.2 Å². The summed E-state index contributed by atoms with van der Waals surface area (Å²) in [6, 6.07) is 12.7. The van der Waals surface area contributed by atoms with Gasteiger partial charge in [0.15, 0.2) is 11.5 Å². The summed E-state index contributed by atoms with van der Waals surface area (Å²) in [7, 11) is 1.59. The highest BCUT2D eigenvalue weighted by Crippen LogP contribution is 2.28. The first-order valence-corrected chi connectivity index (χ1v) is 9.62. The summed E-state index contributed by atoms with van der Waals surface area (Å²) in [5.41, 5.74) is 1.51. The molecular formula is C21H26N2O4S. The maximum atomic E-state index is 12.1. The zero-order valence-corrected chi connectivity index (χ0v) is 17.1. The van der Waals surface area contributed by atoms with Crippen molar-refractivity contribution in [1.82, 2.24) is 10.6 Å². The first kappa shape index (κ1) is 21.6. The van der Waals surface area contributed by atoms with Crippen LogP contribution in [-0.4, -0.2) is 38.6 Å². The van der Waals surface area contributed by atoms with E-state index in [2.05, 4.69) is 23.3 Å². The zero-order chi connectivity index (χ0) is 20.4. The Morgan fingerprint density at radius 3 is 2.50 bits per heavy atom. The predicted molar refractivity (Wildman–Crippen MR) is 112 cm³/mol. The van der Waals surface area contributed by atoms with Crippen LogP contribution in [0.3, 0.4) is 0 Å². The van der Waals surface area contributed by atoms with E-state index in [1.165, 1.54) is 0 Å². The summed E-state index contributed by atoms with van der Waals surface area (Å²) in [6.07, 6.45) is 0.943. The lowest BCUT2D eigenvalue weighted by Gasteiger charge is -2.11. The SMILES string of the molecule is CCOc1ccc(CCC(=O)NCCNC(=O)c2ccccc2S)cc1OC. The molecule has 0 bridgehead atoms. The molecular weight excluding hydrogens is 376 g/mol. The number of methoxy groups -OCH3 is 1. The van der Waals surface area contributed by atoms with Crippen LogP contribution in [0.5, 0.6) is 11.5 Å². The Kier molecular flexibility index (Phi) is 8.68. The second-order valence-electron chi connectivity index (χ2n) is 6.04. The van der Waals surface area contributed by atoms with E-state index in [4.69, 9.17) is 9.47 Å². The van der Waals surface area contributed by atoms with Gasteiger partial charge in [0.25, 0.3) is 5.91 Å². The summed E-state index contributed by atoms with van der Waals surface area (Å²) in [5.74, 6) is 1.07. The number of amides is 2. The van der Waals surface area contributed by atoms with Crippen LogP contribution in [0.25, 0.3) is 0 Å². The Balaban J connectivity index is 1.71. The molecule has 0 aromatic heterocycles. The number of carbonyl (C=O) groups excluding carboxylic acids is 2. The van der Waals surface area contributed by atoms with Gasteiger partial charge in [-0.2, -0.15) is 0 Å². The van der Waals surface area contributed by atoms with Crippen LogP contribution < -0.4 is 20.1 Å². The topological polar surface area (TPSA) is 76.7 Å². The number of hydrogen-bond donors (Lipinski definition) is 3. The fourth-order valence-corrected chi connectivity index (χ4v) is 2.89. The Morgan fingerprint density at radius 2 is 1.79 bits per heavy atom. The van der Waals surface area contributed by atoms with Gasteiger partial charge in [-0.3, -0.25) is 9.59 Å². The molecule has 0 saturated heterocycles. The molecule has 150 valence electrons. The maximum absolute atomic E-state index is 12.1. The molecule has 0 spiro atoms. The van der Waals surface area contributed by atoms with Crippen LogP contribution in [0.4, 0.5) is 0 Å². The molecule has 28 heavy (non-hydrogen) atoms. The van der Waals surface area contributed by atoms with Gasteiger partial charge in [0, 0.05) is 24.4 Å². The van der Waals surface area contributed by atoms with Crippen LogP contribution in [0.1, 0.15) is 29.3 Å². The minimum atomic E-state index is -0.207. The first-order valence-electron chi connectivity index (χ1n) is 9.17. The lowest BCUT2D eigenvalue weighted by Crippen LogP contribution is -2.34. The van der Waals surface area contributed by atoms with E-state index in [0.717, 1.165) is 5.56 Å². The molecule has 0 aliphatic heterocycles. The summed E-state index contributed by atoms with van der Waals surface area (Å²) in [5, 5.41) is 5.58. The third-order valence-electron chi connectivity index (χ3n) is 4.05. The average molecular weight is 403 g/mol. The van der Waals surface area contributed by atoms with E-state index < -0.39 is 0 Å². The van der Waals surface area contributed by atoms with Gasteiger partial charge in [0.1, 0.15) is 0 Å². The van der Waals surface area contributed by atoms with E-state index in [1.54, 1.807) is 25.3 Å². The van der Waals surface area contributed by atoms with Crippen LogP contribution in [0.2, 0.25) is 0 Å². The molecule has 0 heterocycles. The van der Waals surface area contributed by atoms with Crippen LogP contribution in [0.15, 0.2) is 47.4 Å². The van der Waals surface area contributed by atoms with Gasteiger partial charge in [-0.25, -0.2) is 0 Å². The molecule has 0 unspecified atom stereocenters. The minimum Gasteiger partial charge on any atom is -0.493 e. The van der Waals surface area contributed by atoms with Crippen molar-refractivity contribution in [2.75, 3.05) is 26.8 Å². The van der Waals surface area contributed by atoms with Crippen molar-refractivity contribution < 1.29 is 19.1 Å². The molecule has 7 heteroatoms. The molecule has 2 aromatic carbocycles. The lowest BCUT2D eigenvalue weighted by atomic mass is 10.1. The van der Waals surface area contributed by atoms with Gasteiger partial charge < -0.3 is 20.1 Å². The smallest absolute Gasteiger partial charge is 0.252 e. The molecule has 0 saturated carbocycles. The summed E-state index contributed by atoms with van der Waals surface area (Å²) < 4.78 is 10.8. The molecule has 2 amide bonds. The predicted octanol–water partition coefficient (Wildman–Crippen LogP) is 2.86. The summed E-state index contributed by atoms with van der Waals surface area (Å²) in [4.78, 5) is 24.7. The van der Waals surface area contributed by atoms with Crippen molar-refractivity contribution in [2.24, 2.45) is 0 Å². The van der Waals surface area contributed by atoms with E-state index in [9.17, 15) is 9.59 Å². The molecule has 2 N–H and O–H groups in total. The van der Waals surface area contributed by atoms with Crippen molar-refractivity contribution in [1.29, 1.82) is 0 Å². The minimum absolute atomic E-state index is 0.0725. The molecule has 0 atom stereocenters. The first-order chi connectivity index (χ1) is 13.5. The van der Waals surface area contributed by atoms with Crippen LogP contribution in [-0.2, 0) is 11.2 Å². The van der Waals surface area contributed by atoms with Gasteiger partial charge in [-0.15, -0.1) is 12.6 Å². The largest absolute Gasteiger partial charge is 0.493 e. The molecule has 0 aliphatic carbocycles. The van der Waals surface area contributed by atoms with Crippen molar-refractivity contribution in [3.8, 4) is 11.5 Å². The molecule has 0 radical (unpaired) electrons. The van der Waals surface area contributed by atoms with Gasteiger partial charge in [0.2, 0.25) is 5.91 Å². The summed E-state index contributed by atoms with van der Waals surface area (Å²) >= 11 is 4.26. The number of rotatable bonds is 10. The van der Waals surface area contributed by atoms with Gasteiger partial charge in [0.05, 0.1) is 19.3 Å². The third kappa shape index (κ3) is 6.49. The number of nitrogens with one attached hydrogen (secondary N) is 2. The molecule has 2 aromatic rings. The summed E-state index contributed by atoms with van der Waals surface area (Å²) in [6.45, 7) is 3.20. The number of aryl methyl sites for hydroxylation is 1. The van der Waals surface area contributed by atoms with Crippen LogP contribution >= 0.6 is 12.6 Å². The zero-order valence-electron chi connectivity index (χ0n) is 16.2. The Bertz CT molecular complexity index is 811. The van der Waals surface area contributed by atoms with E-state index in [0.29, 0.717) is 54.5 Å². The second-order valence-corrected chi connectivity index (χ2v) is 6.52. The quantitative estimate of drug-likeness (QED) is 0.422. The number of thiol groups is 1. The highest BCUT2D eigenvalue weighted by Gasteiger charge is 2.09.